The van der Waals surface area contributed by atoms with Gasteiger partial charge in [-0.3, -0.25) is 0 Å². The number of nitrogens with one attached hydrogen (secondary N) is 1. The zero-order chi connectivity index (χ0) is 14.4. The molecular formula is C16H20BrNO2. The Balaban J connectivity index is 1.89. The molecule has 0 aliphatic carbocycles. The number of benzene rings is 1. The fraction of sp³-hybridized carbons (Fsp3) is 0.375. The molecule has 0 aliphatic heterocycles. The Morgan fingerprint density at radius 1 is 1.20 bits per heavy atom. The second-order valence-electron chi connectivity index (χ2n) is 4.74. The third-order valence-corrected chi connectivity index (χ3v) is 3.46. The minimum absolute atomic E-state index is 0.449. The van der Waals surface area contributed by atoms with Crippen LogP contribution in [0.5, 0.6) is 5.75 Å². The maximum Gasteiger partial charge on any atom is 0.146 e. The van der Waals surface area contributed by atoms with Crippen LogP contribution in [0.15, 0.2) is 39.2 Å². The Morgan fingerprint density at radius 3 is 2.80 bits per heavy atom. The summed E-state index contributed by atoms with van der Waals surface area (Å²) in [6.07, 6.45) is 1.12. The van der Waals surface area contributed by atoms with Crippen molar-refractivity contribution in [3.05, 3.63) is 51.9 Å². The normalized spacial score (nSPS) is 10.8. The topological polar surface area (TPSA) is 34.4 Å². The Bertz CT molecular complexity index is 551. The van der Waals surface area contributed by atoms with Gasteiger partial charge in [-0.1, -0.05) is 28.9 Å². The van der Waals surface area contributed by atoms with Crippen LogP contribution >= 0.6 is 15.9 Å². The Kier molecular flexibility index (Phi) is 5.68. The van der Waals surface area contributed by atoms with Gasteiger partial charge in [-0.2, -0.15) is 0 Å². The number of rotatable bonds is 7. The summed E-state index contributed by atoms with van der Waals surface area (Å²) in [6.45, 7) is 6.40. The fourth-order valence-corrected chi connectivity index (χ4v) is 2.20. The van der Waals surface area contributed by atoms with Crippen LogP contribution in [0.1, 0.15) is 30.4 Å². The number of aryl methyl sites for hydroxylation is 1. The molecule has 108 valence electrons. The summed E-state index contributed by atoms with van der Waals surface area (Å²) in [6, 6.07) is 9.97. The quantitative estimate of drug-likeness (QED) is 0.759. The maximum absolute atomic E-state index is 5.80. The van der Waals surface area contributed by atoms with Gasteiger partial charge in [0.05, 0.1) is 6.54 Å². The third kappa shape index (κ3) is 4.39. The van der Waals surface area contributed by atoms with Crippen LogP contribution in [0, 0.1) is 6.92 Å². The molecule has 0 saturated heterocycles. The van der Waals surface area contributed by atoms with E-state index in [-0.39, 0.29) is 0 Å². The lowest BCUT2D eigenvalue weighted by atomic mass is 10.2. The van der Waals surface area contributed by atoms with E-state index >= 15 is 0 Å². The lowest BCUT2D eigenvalue weighted by molar-refractivity contribution is 0.263. The van der Waals surface area contributed by atoms with E-state index in [1.165, 1.54) is 0 Å². The van der Waals surface area contributed by atoms with Crippen LogP contribution in [-0.4, -0.2) is 6.54 Å². The lowest BCUT2D eigenvalue weighted by Crippen LogP contribution is -2.13. The molecule has 0 radical (unpaired) electrons. The van der Waals surface area contributed by atoms with Crippen LogP contribution in [0.25, 0.3) is 0 Å². The highest BCUT2D eigenvalue weighted by Gasteiger charge is 2.05. The van der Waals surface area contributed by atoms with Crippen LogP contribution in [0.2, 0.25) is 0 Å². The van der Waals surface area contributed by atoms with Crippen molar-refractivity contribution >= 4 is 15.9 Å². The molecular weight excluding hydrogens is 318 g/mol. The molecule has 0 atom stereocenters. The molecule has 20 heavy (non-hydrogen) atoms. The first kappa shape index (κ1) is 15.1. The third-order valence-electron chi connectivity index (χ3n) is 2.96. The van der Waals surface area contributed by atoms with E-state index in [1.807, 2.05) is 37.3 Å². The van der Waals surface area contributed by atoms with E-state index in [9.17, 15) is 0 Å². The number of furan rings is 1. The van der Waals surface area contributed by atoms with Crippen LogP contribution in [-0.2, 0) is 13.2 Å². The molecule has 1 aromatic carbocycles. The summed E-state index contributed by atoms with van der Waals surface area (Å²) >= 11 is 3.45. The Labute approximate surface area is 128 Å². The van der Waals surface area contributed by atoms with Crippen molar-refractivity contribution in [2.45, 2.75) is 33.4 Å². The predicted molar refractivity (Wildman–Crippen MR) is 83.9 cm³/mol. The van der Waals surface area contributed by atoms with E-state index in [1.54, 1.807) is 0 Å². The zero-order valence-corrected chi connectivity index (χ0v) is 13.5. The highest BCUT2D eigenvalue weighted by Crippen LogP contribution is 2.24. The molecule has 0 saturated carbocycles. The monoisotopic (exact) mass is 337 g/mol. The molecule has 0 amide bonds. The van der Waals surface area contributed by atoms with Crippen molar-refractivity contribution in [2.24, 2.45) is 0 Å². The van der Waals surface area contributed by atoms with E-state index in [0.29, 0.717) is 6.61 Å². The average Bonchev–Trinajstić information content (AvgIpc) is 2.88. The number of hydrogen-bond donors (Lipinski definition) is 1. The molecule has 0 spiro atoms. The van der Waals surface area contributed by atoms with E-state index < -0.39 is 0 Å². The summed E-state index contributed by atoms with van der Waals surface area (Å²) in [4.78, 5) is 0. The first-order valence-electron chi connectivity index (χ1n) is 6.86. The van der Waals surface area contributed by atoms with E-state index in [2.05, 4.69) is 28.2 Å². The second-order valence-corrected chi connectivity index (χ2v) is 5.66. The molecule has 4 heteroatoms. The highest BCUT2D eigenvalue weighted by atomic mass is 79.9. The molecule has 1 aromatic heterocycles. The van der Waals surface area contributed by atoms with Gasteiger partial charge in [0, 0.05) is 4.47 Å². The van der Waals surface area contributed by atoms with Gasteiger partial charge in [-0.15, -0.1) is 0 Å². The SMILES string of the molecule is CCCNCc1ccc(COc2cc(Br)ccc2C)o1. The summed E-state index contributed by atoms with van der Waals surface area (Å²) < 4.78 is 12.5. The van der Waals surface area contributed by atoms with Gasteiger partial charge >= 0.3 is 0 Å². The van der Waals surface area contributed by atoms with Gasteiger partial charge in [-0.05, 0) is 49.7 Å². The van der Waals surface area contributed by atoms with Crippen molar-refractivity contribution in [3.63, 3.8) is 0 Å². The molecule has 0 bridgehead atoms. The summed E-state index contributed by atoms with van der Waals surface area (Å²) in [5, 5.41) is 3.31. The van der Waals surface area contributed by atoms with Gasteiger partial charge in [0.1, 0.15) is 23.9 Å². The standard InChI is InChI=1S/C16H20BrNO2/c1-3-8-18-10-14-6-7-15(20-14)11-19-16-9-13(17)5-4-12(16)2/h4-7,9,18H,3,8,10-11H2,1-2H3. The average molecular weight is 338 g/mol. The van der Waals surface area contributed by atoms with Gasteiger partial charge < -0.3 is 14.5 Å². The zero-order valence-electron chi connectivity index (χ0n) is 11.9. The molecule has 2 aromatic rings. The van der Waals surface area contributed by atoms with Crippen molar-refractivity contribution in [2.75, 3.05) is 6.54 Å². The first-order valence-corrected chi connectivity index (χ1v) is 7.65. The summed E-state index contributed by atoms with van der Waals surface area (Å²) in [7, 11) is 0. The van der Waals surface area contributed by atoms with Crippen LogP contribution in [0.4, 0.5) is 0 Å². The first-order chi connectivity index (χ1) is 9.69. The number of halogens is 1. The van der Waals surface area contributed by atoms with Gasteiger partial charge in [0.2, 0.25) is 0 Å². The molecule has 1 heterocycles. The Hall–Kier alpha value is -1.26. The van der Waals surface area contributed by atoms with Crippen LogP contribution in [0.3, 0.4) is 0 Å². The second kappa shape index (κ2) is 7.50. The minimum Gasteiger partial charge on any atom is -0.485 e. The van der Waals surface area contributed by atoms with Gasteiger partial charge in [0.25, 0.3) is 0 Å². The number of ether oxygens (including phenoxy) is 1. The molecule has 0 fully saturated rings. The van der Waals surface area contributed by atoms with E-state index in [4.69, 9.17) is 9.15 Å². The Morgan fingerprint density at radius 2 is 2.00 bits per heavy atom. The maximum atomic E-state index is 5.80. The molecule has 3 nitrogen and oxygen atoms in total. The van der Waals surface area contributed by atoms with Gasteiger partial charge in [-0.25, -0.2) is 0 Å². The molecule has 2 rings (SSSR count). The predicted octanol–water partition coefficient (Wildman–Crippen LogP) is 4.43. The summed E-state index contributed by atoms with van der Waals surface area (Å²) in [5.74, 6) is 2.67. The van der Waals surface area contributed by atoms with E-state index in [0.717, 1.165) is 46.8 Å². The number of hydrogen-bond acceptors (Lipinski definition) is 3. The van der Waals surface area contributed by atoms with Crippen molar-refractivity contribution in [3.8, 4) is 5.75 Å². The largest absolute Gasteiger partial charge is 0.485 e. The van der Waals surface area contributed by atoms with Crippen molar-refractivity contribution in [1.29, 1.82) is 0 Å². The van der Waals surface area contributed by atoms with Crippen LogP contribution < -0.4 is 10.1 Å². The fourth-order valence-electron chi connectivity index (χ4n) is 1.86. The highest BCUT2D eigenvalue weighted by molar-refractivity contribution is 9.10. The summed E-state index contributed by atoms with van der Waals surface area (Å²) in [5.41, 5.74) is 1.12. The smallest absolute Gasteiger partial charge is 0.146 e. The van der Waals surface area contributed by atoms with Crippen molar-refractivity contribution < 1.29 is 9.15 Å². The van der Waals surface area contributed by atoms with Gasteiger partial charge in [0.15, 0.2) is 0 Å². The van der Waals surface area contributed by atoms with Crippen molar-refractivity contribution in [1.82, 2.24) is 5.32 Å². The lowest BCUT2D eigenvalue weighted by Gasteiger charge is -2.08. The molecule has 1 N–H and O–H groups in total. The molecule has 0 unspecified atom stereocenters. The molecule has 0 aliphatic rings. The minimum atomic E-state index is 0.449.